The molecular formula is C14H14N2O2. The van der Waals surface area contributed by atoms with E-state index in [1.54, 1.807) is 0 Å². The molecule has 4 nitrogen and oxygen atoms in total. The lowest BCUT2D eigenvalue weighted by atomic mass is 9.96. The molecule has 3 rings (SSSR count). The molecule has 0 saturated heterocycles. The van der Waals surface area contributed by atoms with Crippen molar-refractivity contribution in [2.24, 2.45) is 4.99 Å². The highest BCUT2D eigenvalue weighted by Crippen LogP contribution is 2.24. The Morgan fingerprint density at radius 1 is 1.50 bits per heavy atom. The van der Waals surface area contributed by atoms with Crippen molar-refractivity contribution >= 4 is 12.0 Å². The third kappa shape index (κ3) is 1.70. The van der Waals surface area contributed by atoms with Crippen LogP contribution < -0.4 is 15.9 Å². The molecule has 0 aromatic heterocycles. The highest BCUT2D eigenvalue weighted by molar-refractivity contribution is 5.67. The first-order valence-corrected chi connectivity index (χ1v) is 6.02. The lowest BCUT2D eigenvalue weighted by Gasteiger charge is -2.27. The van der Waals surface area contributed by atoms with Crippen molar-refractivity contribution in [3.8, 4) is 0 Å². The minimum absolute atomic E-state index is 0.107. The molecule has 2 unspecified atom stereocenters. The molecule has 4 heteroatoms. The van der Waals surface area contributed by atoms with E-state index in [4.69, 9.17) is 4.74 Å². The van der Waals surface area contributed by atoms with Gasteiger partial charge in [0.15, 0.2) is 0 Å². The fourth-order valence-electron chi connectivity index (χ4n) is 2.44. The molecule has 0 bridgehead atoms. The minimum Gasteiger partial charge on any atom is -0.463 e. The summed E-state index contributed by atoms with van der Waals surface area (Å²) in [6.07, 6.45) is 2.58. The quantitative estimate of drug-likeness (QED) is 0.772. The summed E-state index contributed by atoms with van der Waals surface area (Å²) < 4.78 is 5.00. The minimum atomic E-state index is -0.152. The van der Waals surface area contributed by atoms with Gasteiger partial charge in [-0.3, -0.25) is 4.79 Å². The number of benzene rings is 1. The van der Waals surface area contributed by atoms with E-state index in [1.807, 2.05) is 31.3 Å². The summed E-state index contributed by atoms with van der Waals surface area (Å²) in [7, 11) is 0. The van der Waals surface area contributed by atoms with Crippen molar-refractivity contribution in [3.63, 3.8) is 0 Å². The molecule has 0 amide bonds. The first-order valence-electron chi connectivity index (χ1n) is 6.02. The van der Waals surface area contributed by atoms with E-state index in [-0.39, 0.29) is 12.1 Å². The Morgan fingerprint density at radius 2 is 2.33 bits per heavy atom. The average Bonchev–Trinajstić information content (AvgIpc) is 2.76. The summed E-state index contributed by atoms with van der Waals surface area (Å²) in [6.45, 7) is 2.40. The van der Waals surface area contributed by atoms with Crippen molar-refractivity contribution in [1.82, 2.24) is 5.32 Å². The van der Waals surface area contributed by atoms with Crippen LogP contribution in [0.2, 0.25) is 0 Å². The number of hydrogen-bond donors (Lipinski definition) is 1. The fourth-order valence-corrected chi connectivity index (χ4v) is 2.44. The SMILES string of the molecule is CC(OC=O)C1CC2=c3ccccc3=NC2=CN1. The molecule has 2 heterocycles. The Hall–Kier alpha value is -2.10. The van der Waals surface area contributed by atoms with Gasteiger partial charge in [-0.1, -0.05) is 18.2 Å². The third-order valence-electron chi connectivity index (χ3n) is 3.47. The molecule has 1 aromatic rings. The molecule has 0 spiro atoms. The van der Waals surface area contributed by atoms with E-state index < -0.39 is 0 Å². The van der Waals surface area contributed by atoms with Gasteiger partial charge in [-0.15, -0.1) is 0 Å². The van der Waals surface area contributed by atoms with Gasteiger partial charge in [-0.05, 0) is 25.0 Å². The van der Waals surface area contributed by atoms with Crippen molar-refractivity contribution in [2.75, 3.05) is 0 Å². The molecule has 1 aromatic carbocycles. The predicted octanol–water partition coefficient (Wildman–Crippen LogP) is 0.235. The summed E-state index contributed by atoms with van der Waals surface area (Å²) >= 11 is 0. The second-order valence-corrected chi connectivity index (χ2v) is 4.55. The maximum Gasteiger partial charge on any atom is 0.293 e. The van der Waals surface area contributed by atoms with Crippen molar-refractivity contribution < 1.29 is 9.53 Å². The molecule has 0 radical (unpaired) electrons. The number of para-hydroxylation sites is 1. The number of carbonyl (C=O) groups is 1. The van der Waals surface area contributed by atoms with Crippen molar-refractivity contribution in [3.05, 3.63) is 46.7 Å². The smallest absolute Gasteiger partial charge is 0.293 e. The summed E-state index contributed by atoms with van der Waals surface area (Å²) in [6, 6.07) is 8.22. The Kier molecular flexibility index (Phi) is 2.63. The largest absolute Gasteiger partial charge is 0.463 e. The van der Waals surface area contributed by atoms with Crippen LogP contribution in [0.25, 0.3) is 5.57 Å². The first kappa shape index (κ1) is 11.0. The highest BCUT2D eigenvalue weighted by atomic mass is 16.5. The van der Waals surface area contributed by atoms with Gasteiger partial charge in [-0.25, -0.2) is 4.99 Å². The predicted molar refractivity (Wildman–Crippen MR) is 66.9 cm³/mol. The number of fused-ring (bicyclic) bond motifs is 2. The van der Waals surface area contributed by atoms with Gasteiger partial charge in [0.1, 0.15) is 6.10 Å². The van der Waals surface area contributed by atoms with Gasteiger partial charge in [0.2, 0.25) is 0 Å². The van der Waals surface area contributed by atoms with Crippen LogP contribution >= 0.6 is 0 Å². The van der Waals surface area contributed by atoms with Crippen LogP contribution in [-0.2, 0) is 9.53 Å². The monoisotopic (exact) mass is 242 g/mol. The second kappa shape index (κ2) is 4.29. The Morgan fingerprint density at radius 3 is 3.17 bits per heavy atom. The van der Waals surface area contributed by atoms with Crippen molar-refractivity contribution in [1.29, 1.82) is 0 Å². The highest BCUT2D eigenvalue weighted by Gasteiger charge is 2.26. The van der Waals surface area contributed by atoms with Crippen LogP contribution in [0, 0.1) is 0 Å². The van der Waals surface area contributed by atoms with Gasteiger partial charge in [-0.2, -0.15) is 0 Å². The van der Waals surface area contributed by atoms with Crippen LogP contribution in [0.15, 0.2) is 41.2 Å². The summed E-state index contributed by atoms with van der Waals surface area (Å²) in [5.74, 6) is 0. The zero-order valence-electron chi connectivity index (χ0n) is 10.1. The first-order chi connectivity index (χ1) is 8.79. The lowest BCUT2D eigenvalue weighted by molar-refractivity contribution is -0.133. The van der Waals surface area contributed by atoms with Crippen LogP contribution in [0.3, 0.4) is 0 Å². The molecule has 92 valence electrons. The number of nitrogens with zero attached hydrogens (tertiary/aromatic N) is 1. The van der Waals surface area contributed by atoms with Crippen LogP contribution in [0.4, 0.5) is 0 Å². The van der Waals surface area contributed by atoms with Gasteiger partial charge < -0.3 is 10.1 Å². The zero-order valence-corrected chi connectivity index (χ0v) is 10.1. The molecule has 2 aliphatic heterocycles. The van der Waals surface area contributed by atoms with Crippen LogP contribution in [0.5, 0.6) is 0 Å². The van der Waals surface area contributed by atoms with Gasteiger partial charge in [0.05, 0.1) is 17.1 Å². The number of allylic oxidation sites excluding steroid dienone is 1. The topological polar surface area (TPSA) is 50.7 Å². The normalized spacial score (nSPS) is 21.9. The Bertz CT molecular complexity index is 633. The summed E-state index contributed by atoms with van der Waals surface area (Å²) in [4.78, 5) is 15.0. The Balaban J connectivity index is 1.98. The average molecular weight is 242 g/mol. The van der Waals surface area contributed by atoms with E-state index in [0.717, 1.165) is 17.5 Å². The van der Waals surface area contributed by atoms with E-state index >= 15 is 0 Å². The number of carbonyl (C=O) groups excluding carboxylic acids is 1. The number of nitrogens with one attached hydrogen (secondary N) is 1. The van der Waals surface area contributed by atoms with E-state index in [0.29, 0.717) is 6.47 Å². The fraction of sp³-hybridized carbons (Fsp3) is 0.286. The standard InChI is InChI=1S/C14H14N2O2/c1-9(18-8-17)13-6-11-10-4-2-3-5-12(10)16-14(11)7-15-13/h2-5,7-9,13,15H,6H2,1H3. The molecule has 2 atom stereocenters. The molecular weight excluding hydrogens is 228 g/mol. The van der Waals surface area contributed by atoms with Gasteiger partial charge >= 0.3 is 0 Å². The number of rotatable bonds is 3. The molecule has 1 N–H and O–H groups in total. The third-order valence-corrected chi connectivity index (χ3v) is 3.47. The van der Waals surface area contributed by atoms with Crippen LogP contribution in [0.1, 0.15) is 13.3 Å². The molecule has 0 saturated carbocycles. The van der Waals surface area contributed by atoms with Crippen LogP contribution in [-0.4, -0.2) is 18.6 Å². The maximum absolute atomic E-state index is 10.4. The van der Waals surface area contributed by atoms with Crippen molar-refractivity contribution in [2.45, 2.75) is 25.5 Å². The summed E-state index contributed by atoms with van der Waals surface area (Å²) in [5.41, 5.74) is 2.22. The lowest BCUT2D eigenvalue weighted by Crippen LogP contribution is -2.40. The molecule has 0 aliphatic carbocycles. The molecule has 0 fully saturated rings. The number of hydrogen-bond acceptors (Lipinski definition) is 4. The zero-order chi connectivity index (χ0) is 12.5. The molecule has 18 heavy (non-hydrogen) atoms. The van der Waals surface area contributed by atoms with E-state index in [2.05, 4.69) is 16.4 Å². The van der Waals surface area contributed by atoms with E-state index in [9.17, 15) is 4.79 Å². The Labute approximate surface area is 105 Å². The van der Waals surface area contributed by atoms with Gasteiger partial charge in [0, 0.05) is 11.4 Å². The maximum atomic E-state index is 10.4. The second-order valence-electron chi connectivity index (χ2n) is 4.55. The number of ether oxygens (including phenoxy) is 1. The van der Waals surface area contributed by atoms with Gasteiger partial charge in [0.25, 0.3) is 6.47 Å². The summed E-state index contributed by atoms with van der Waals surface area (Å²) in [5, 5.41) is 5.46. The molecule has 2 aliphatic rings. The van der Waals surface area contributed by atoms with E-state index in [1.165, 1.54) is 10.8 Å².